The van der Waals surface area contributed by atoms with Crippen molar-refractivity contribution < 1.29 is 55.4 Å². The van der Waals surface area contributed by atoms with Crippen LogP contribution in [0.1, 0.15) is 32.3 Å². The van der Waals surface area contributed by atoms with Crippen LogP contribution in [0, 0.1) is 10.1 Å². The topological polar surface area (TPSA) is 164 Å². The summed E-state index contributed by atoms with van der Waals surface area (Å²) in [5.74, 6) is -1.53. The fourth-order valence-electron chi connectivity index (χ4n) is 2.81. The van der Waals surface area contributed by atoms with Crippen molar-refractivity contribution in [2.24, 2.45) is 0 Å². The number of hydrogen-bond donors (Lipinski definition) is 4. The first kappa shape index (κ1) is 27.0. The van der Waals surface area contributed by atoms with Gasteiger partial charge in [0, 0.05) is 25.2 Å². The first-order valence-corrected chi connectivity index (χ1v) is 9.53. The molecule has 0 aliphatic heterocycles. The van der Waals surface area contributed by atoms with E-state index in [1.54, 1.807) is 18.3 Å². The molecular weight excluding hydrogens is 429 g/mol. The van der Waals surface area contributed by atoms with Gasteiger partial charge in [0.2, 0.25) is 11.8 Å². The number of nitrogens with one attached hydrogen (secondary N) is 3. The summed E-state index contributed by atoms with van der Waals surface area (Å²) in [5, 5.41) is 28.3. The number of aromatic nitrogens is 1. The van der Waals surface area contributed by atoms with Gasteiger partial charge < -0.3 is 22.5 Å². The first-order chi connectivity index (χ1) is 14.9. The molecule has 0 saturated carbocycles. The van der Waals surface area contributed by atoms with Gasteiger partial charge in [0.15, 0.2) is 0 Å². The Bertz CT molecular complexity index is 934. The zero-order valence-corrected chi connectivity index (χ0v) is 19.6. The molecule has 2 aromatic rings. The number of carbonyl (C=O) groups is 3. The summed E-state index contributed by atoms with van der Waals surface area (Å²) >= 11 is 0. The summed E-state index contributed by atoms with van der Waals surface area (Å²) in [6.45, 7) is 0.151. The second-order valence-corrected chi connectivity index (χ2v) is 6.56. The third-order valence-corrected chi connectivity index (χ3v) is 4.22. The van der Waals surface area contributed by atoms with Crippen LogP contribution in [0.25, 0.3) is 0 Å². The average Bonchev–Trinajstić information content (AvgIpc) is 2.75. The van der Waals surface area contributed by atoms with Crippen LogP contribution in [0.15, 0.2) is 48.7 Å². The van der Waals surface area contributed by atoms with Crippen molar-refractivity contribution in [1.82, 2.24) is 15.6 Å². The number of nitrogens with zero attached hydrogens (tertiary/aromatic N) is 2. The molecule has 166 valence electrons. The molecule has 1 aromatic heterocycles. The summed E-state index contributed by atoms with van der Waals surface area (Å²) in [6, 6.07) is 9.91. The van der Waals surface area contributed by atoms with E-state index < -0.39 is 29.3 Å². The molecule has 1 heterocycles. The van der Waals surface area contributed by atoms with Crippen LogP contribution in [-0.4, -0.2) is 45.9 Å². The summed E-state index contributed by atoms with van der Waals surface area (Å²) in [5.41, 5.74) is -0.214. The number of rotatable bonds is 12. The number of carbonyl (C=O) groups excluding carboxylic acids is 2. The summed E-state index contributed by atoms with van der Waals surface area (Å²) in [6.07, 6.45) is 1.80. The van der Waals surface area contributed by atoms with Crippen LogP contribution in [0.4, 0.5) is 11.5 Å². The molecule has 12 heteroatoms. The number of anilines is 1. The van der Waals surface area contributed by atoms with Gasteiger partial charge >= 0.3 is 35.5 Å². The molecule has 0 fully saturated rings. The number of pyridine rings is 1. The maximum Gasteiger partial charge on any atom is 1.00 e. The number of para-hydroxylation sites is 1. The van der Waals surface area contributed by atoms with Crippen LogP contribution in [0.2, 0.25) is 0 Å². The van der Waals surface area contributed by atoms with E-state index in [4.69, 9.17) is 5.11 Å². The third-order valence-electron chi connectivity index (χ3n) is 4.22. The van der Waals surface area contributed by atoms with Crippen molar-refractivity contribution in [2.45, 2.75) is 25.3 Å². The summed E-state index contributed by atoms with van der Waals surface area (Å²) in [7, 11) is 0. The fraction of sp³-hybridized carbons (Fsp3) is 0.300. The van der Waals surface area contributed by atoms with Crippen molar-refractivity contribution in [3.63, 3.8) is 0 Å². The second kappa shape index (κ2) is 14.1. The molecule has 32 heavy (non-hydrogen) atoms. The van der Waals surface area contributed by atoms with E-state index in [-0.39, 0.29) is 61.1 Å². The summed E-state index contributed by atoms with van der Waals surface area (Å²) < 4.78 is 0. The molecule has 0 aliphatic rings. The van der Waals surface area contributed by atoms with E-state index >= 15 is 0 Å². The normalized spacial score (nSPS) is 10.9. The molecule has 2 amide bonds. The Morgan fingerprint density at radius 1 is 1.12 bits per heavy atom. The largest absolute Gasteiger partial charge is 1.00 e. The van der Waals surface area contributed by atoms with Gasteiger partial charge in [-0.15, -0.1) is 0 Å². The minimum atomic E-state index is -1.23. The zero-order valence-electron chi connectivity index (χ0n) is 18.6. The predicted octanol–water partition coefficient (Wildman–Crippen LogP) is -1.25. The Morgan fingerprint density at radius 2 is 1.84 bits per heavy atom. The SMILES string of the molecule is O=C(O)CC(NC(=O)CNC(=O)CCCNc1ccccn1)c1ccccc1[N+](=O)[O-].[H-].[Na+]. The minimum absolute atomic E-state index is 0. The van der Waals surface area contributed by atoms with E-state index in [0.717, 1.165) is 0 Å². The maximum atomic E-state index is 12.2. The molecule has 0 radical (unpaired) electrons. The van der Waals surface area contributed by atoms with Gasteiger partial charge in [-0.1, -0.05) is 24.3 Å². The van der Waals surface area contributed by atoms with Gasteiger partial charge in [-0.05, 0) is 18.6 Å². The van der Waals surface area contributed by atoms with Crippen LogP contribution < -0.4 is 45.5 Å². The Balaban J connectivity index is 0.00000512. The Labute approximate surface area is 207 Å². The fourth-order valence-corrected chi connectivity index (χ4v) is 2.81. The van der Waals surface area contributed by atoms with Crippen molar-refractivity contribution in [3.8, 4) is 0 Å². The second-order valence-electron chi connectivity index (χ2n) is 6.56. The van der Waals surface area contributed by atoms with Gasteiger partial charge in [-0.2, -0.15) is 0 Å². The molecule has 1 atom stereocenters. The number of nitro benzene ring substituents is 1. The molecule has 4 N–H and O–H groups in total. The molecule has 0 saturated heterocycles. The van der Waals surface area contributed by atoms with Crippen LogP contribution in [0.5, 0.6) is 0 Å². The molecular formula is C20H24N5NaO6. The van der Waals surface area contributed by atoms with Crippen LogP contribution in [0.3, 0.4) is 0 Å². The van der Waals surface area contributed by atoms with E-state index in [9.17, 15) is 24.5 Å². The summed E-state index contributed by atoms with van der Waals surface area (Å²) in [4.78, 5) is 49.9. The van der Waals surface area contributed by atoms with Gasteiger partial charge in [0.25, 0.3) is 5.69 Å². The number of hydrogen-bond acceptors (Lipinski definition) is 7. The van der Waals surface area contributed by atoms with Gasteiger partial charge in [0.1, 0.15) is 5.82 Å². The number of amides is 2. The standard InChI is InChI=1S/C20H23N5O6.Na.H/c26-18(9-5-11-22-17-8-3-4-10-21-17)23-13-19(27)24-15(12-20(28)29)14-6-1-2-7-16(14)25(30)31;;/h1-4,6-8,10,15H,5,9,11-13H2,(H,21,22)(H,23,26)(H,24,27)(H,28,29);;/q;+1;-1. The minimum Gasteiger partial charge on any atom is -1.00 e. The van der Waals surface area contributed by atoms with Gasteiger partial charge in [-0.3, -0.25) is 24.5 Å². The number of aliphatic carboxylic acids is 1. The van der Waals surface area contributed by atoms with E-state index in [2.05, 4.69) is 20.9 Å². The molecule has 0 bridgehead atoms. The van der Waals surface area contributed by atoms with Crippen LogP contribution in [-0.2, 0) is 14.4 Å². The number of benzene rings is 1. The first-order valence-electron chi connectivity index (χ1n) is 9.53. The molecule has 2 rings (SSSR count). The molecule has 11 nitrogen and oxygen atoms in total. The quantitative estimate of drug-likeness (QED) is 0.134. The van der Waals surface area contributed by atoms with Gasteiger partial charge in [0.05, 0.1) is 29.5 Å². The smallest absolute Gasteiger partial charge is 1.00 e. The molecule has 1 unspecified atom stereocenters. The molecule has 0 aliphatic carbocycles. The van der Waals surface area contributed by atoms with Crippen molar-refractivity contribution in [2.75, 3.05) is 18.4 Å². The Morgan fingerprint density at radius 3 is 2.50 bits per heavy atom. The zero-order chi connectivity index (χ0) is 22.6. The third kappa shape index (κ3) is 9.41. The monoisotopic (exact) mass is 453 g/mol. The van der Waals surface area contributed by atoms with E-state index in [1.165, 1.54) is 24.3 Å². The average molecular weight is 453 g/mol. The van der Waals surface area contributed by atoms with Gasteiger partial charge in [-0.25, -0.2) is 4.98 Å². The predicted molar refractivity (Wildman–Crippen MR) is 112 cm³/mol. The molecule has 1 aromatic carbocycles. The van der Waals surface area contributed by atoms with E-state index in [1.807, 2.05) is 6.07 Å². The van der Waals surface area contributed by atoms with E-state index in [0.29, 0.717) is 18.8 Å². The maximum absolute atomic E-state index is 12.2. The molecule has 0 spiro atoms. The van der Waals surface area contributed by atoms with Crippen molar-refractivity contribution >= 4 is 29.3 Å². The number of carboxylic acids is 1. The van der Waals surface area contributed by atoms with Crippen molar-refractivity contribution in [3.05, 3.63) is 64.3 Å². The number of nitro groups is 1. The Hall–Kier alpha value is -3.02. The number of carboxylic acid groups (broad SMARTS) is 1. The van der Waals surface area contributed by atoms with Crippen LogP contribution >= 0.6 is 0 Å². The Kier molecular flexibility index (Phi) is 11.9. The van der Waals surface area contributed by atoms with Crippen molar-refractivity contribution in [1.29, 1.82) is 0 Å².